The van der Waals surface area contributed by atoms with Gasteiger partial charge in [-0.2, -0.15) is 4.37 Å². The third-order valence-corrected chi connectivity index (χ3v) is 5.16. The molecule has 0 bridgehead atoms. The van der Waals surface area contributed by atoms with Crippen LogP contribution in [0.25, 0.3) is 0 Å². The van der Waals surface area contributed by atoms with Crippen LogP contribution in [0.4, 0.5) is 14.2 Å². The normalized spacial score (nSPS) is 13.8. The smallest absolute Gasteiger partial charge is 0.344 e. The van der Waals surface area contributed by atoms with Crippen molar-refractivity contribution in [2.45, 2.75) is 31.9 Å². The quantitative estimate of drug-likeness (QED) is 0.626. The van der Waals surface area contributed by atoms with Gasteiger partial charge in [-0.15, -0.1) is 0 Å². The Morgan fingerprint density at radius 1 is 1.42 bits per heavy atom. The van der Waals surface area contributed by atoms with E-state index in [0.717, 1.165) is 30.8 Å². The number of aromatic nitrogens is 1. The van der Waals surface area contributed by atoms with E-state index in [1.807, 2.05) is 0 Å². The number of hydrogen-bond donors (Lipinski definition) is 3. The second-order valence-corrected chi connectivity index (χ2v) is 7.44. The lowest BCUT2D eigenvalue weighted by molar-refractivity contribution is 0.0693. The van der Waals surface area contributed by atoms with Gasteiger partial charge in [0.1, 0.15) is 17.4 Å². The number of hydrogen-bond acceptors (Lipinski definition) is 5. The Morgan fingerprint density at radius 2 is 2.19 bits per heavy atom. The Hall–Kier alpha value is -2.20. The van der Waals surface area contributed by atoms with Gasteiger partial charge in [0.25, 0.3) is 0 Å². The highest BCUT2D eigenvalue weighted by Crippen LogP contribution is 2.31. The molecule has 7 nitrogen and oxygen atoms in total. The van der Waals surface area contributed by atoms with Crippen LogP contribution in [0.5, 0.6) is 5.88 Å². The molecule has 2 aromatic rings. The number of amides is 2. The van der Waals surface area contributed by atoms with Crippen LogP contribution in [0.3, 0.4) is 0 Å². The molecule has 1 aliphatic carbocycles. The topological polar surface area (TPSA) is 101 Å². The lowest BCUT2D eigenvalue weighted by Crippen LogP contribution is -2.41. The highest BCUT2D eigenvalue weighted by molar-refractivity contribution is 9.10. The summed E-state index contributed by atoms with van der Waals surface area (Å²) in [5.41, 5.74) is 0.00561. The molecule has 1 heterocycles. The van der Waals surface area contributed by atoms with Crippen molar-refractivity contribution in [3.8, 4) is 5.88 Å². The fourth-order valence-electron chi connectivity index (χ4n) is 2.31. The van der Waals surface area contributed by atoms with E-state index in [2.05, 4.69) is 30.9 Å². The average Bonchev–Trinajstić information content (AvgIpc) is 2.93. The summed E-state index contributed by atoms with van der Waals surface area (Å²) in [6, 6.07) is 4.10. The zero-order chi connectivity index (χ0) is 18.7. The number of nitrogens with zero attached hydrogens (tertiary/aromatic N) is 1. The minimum atomic E-state index is -1.29. The maximum Gasteiger partial charge on any atom is 0.344 e. The number of aromatic carboxylic acids is 1. The molecule has 3 N–H and O–H groups in total. The number of carbonyl (C=O) groups excluding carboxylic acids is 1. The van der Waals surface area contributed by atoms with Gasteiger partial charge >= 0.3 is 12.0 Å². The maximum absolute atomic E-state index is 13.8. The molecule has 0 radical (unpaired) electrons. The van der Waals surface area contributed by atoms with Crippen molar-refractivity contribution >= 4 is 44.5 Å². The van der Waals surface area contributed by atoms with Crippen molar-refractivity contribution in [2.24, 2.45) is 0 Å². The monoisotopic (exact) mass is 443 g/mol. The summed E-state index contributed by atoms with van der Waals surface area (Å²) in [4.78, 5) is 23.5. The number of ether oxygens (including phenoxy) is 1. The molecule has 10 heteroatoms. The number of anilines is 1. The predicted molar refractivity (Wildman–Crippen MR) is 97.3 cm³/mol. The van der Waals surface area contributed by atoms with Gasteiger partial charge in [-0.05, 0) is 42.9 Å². The molecule has 138 valence electrons. The van der Waals surface area contributed by atoms with Crippen LogP contribution in [-0.2, 0) is 6.61 Å². The number of benzene rings is 1. The Morgan fingerprint density at radius 3 is 2.81 bits per heavy atom. The minimum Gasteiger partial charge on any atom is -0.477 e. The van der Waals surface area contributed by atoms with Gasteiger partial charge in [-0.25, -0.2) is 14.0 Å². The zero-order valence-corrected chi connectivity index (χ0v) is 15.8. The molecule has 3 rings (SSSR count). The molecule has 0 aliphatic heterocycles. The Kier molecular flexibility index (Phi) is 5.72. The summed E-state index contributed by atoms with van der Waals surface area (Å²) in [6.45, 7) is -0.184. The van der Waals surface area contributed by atoms with Gasteiger partial charge in [0, 0.05) is 16.1 Å². The van der Waals surface area contributed by atoms with Crippen molar-refractivity contribution in [2.75, 3.05) is 5.32 Å². The van der Waals surface area contributed by atoms with Crippen LogP contribution < -0.4 is 15.4 Å². The first-order chi connectivity index (χ1) is 12.4. The van der Waals surface area contributed by atoms with Crippen LogP contribution in [0.2, 0.25) is 0 Å². The van der Waals surface area contributed by atoms with Crippen molar-refractivity contribution in [3.05, 3.63) is 39.6 Å². The van der Waals surface area contributed by atoms with Crippen LogP contribution in [0, 0.1) is 5.82 Å². The molecule has 0 saturated heterocycles. The van der Waals surface area contributed by atoms with Crippen molar-refractivity contribution in [1.82, 2.24) is 9.69 Å². The summed E-state index contributed by atoms with van der Waals surface area (Å²) in [6.07, 6.45) is 2.89. The third kappa shape index (κ3) is 4.31. The number of carboxylic acids is 1. The average molecular weight is 444 g/mol. The molecule has 26 heavy (non-hydrogen) atoms. The molecule has 1 saturated carbocycles. The first-order valence-corrected chi connectivity index (χ1v) is 9.38. The standard InChI is InChI=1S/C16H15BrFN3O4S/c17-9-5-4-8(11(18)6-9)7-25-13-12(15(22)23)14(26-21-13)20-16(24)19-10-2-1-3-10/h4-6,10H,1-3,7H2,(H,22,23)(H2,19,20,24). The molecule has 1 aromatic carbocycles. The number of halogens is 2. The van der Waals surface area contributed by atoms with E-state index >= 15 is 0 Å². The third-order valence-electron chi connectivity index (χ3n) is 3.92. The lowest BCUT2D eigenvalue weighted by atomic mass is 9.93. The maximum atomic E-state index is 13.8. The minimum absolute atomic E-state index is 0.0700. The SMILES string of the molecule is O=C(Nc1snc(OCc2ccc(Br)cc2F)c1C(=O)O)NC1CCC1. The second kappa shape index (κ2) is 8.00. The Labute approximate surface area is 160 Å². The Balaban J connectivity index is 1.70. The number of carbonyl (C=O) groups is 2. The molecule has 0 unspecified atom stereocenters. The summed E-state index contributed by atoms with van der Waals surface area (Å²) in [5.74, 6) is -1.93. The molecular weight excluding hydrogens is 429 g/mol. The molecule has 1 aromatic heterocycles. The van der Waals surface area contributed by atoms with E-state index in [9.17, 15) is 19.1 Å². The molecule has 0 spiro atoms. The van der Waals surface area contributed by atoms with Gasteiger partial charge in [0.2, 0.25) is 5.88 Å². The van der Waals surface area contributed by atoms with E-state index in [0.29, 0.717) is 4.47 Å². The molecule has 1 aliphatic rings. The van der Waals surface area contributed by atoms with Gasteiger partial charge < -0.3 is 15.2 Å². The fourth-order valence-corrected chi connectivity index (χ4v) is 3.37. The molecule has 0 atom stereocenters. The first-order valence-electron chi connectivity index (χ1n) is 7.81. The van der Waals surface area contributed by atoms with E-state index in [-0.39, 0.29) is 34.7 Å². The largest absolute Gasteiger partial charge is 0.477 e. The van der Waals surface area contributed by atoms with Crippen molar-refractivity contribution in [1.29, 1.82) is 0 Å². The van der Waals surface area contributed by atoms with Gasteiger partial charge in [-0.1, -0.05) is 22.0 Å². The van der Waals surface area contributed by atoms with E-state index in [1.165, 1.54) is 12.1 Å². The summed E-state index contributed by atoms with van der Waals surface area (Å²) in [5, 5.41) is 14.7. The summed E-state index contributed by atoms with van der Waals surface area (Å²) < 4.78 is 23.7. The highest BCUT2D eigenvalue weighted by atomic mass is 79.9. The first kappa shape index (κ1) is 18.6. The van der Waals surface area contributed by atoms with Crippen molar-refractivity contribution in [3.63, 3.8) is 0 Å². The second-order valence-electron chi connectivity index (χ2n) is 5.75. The van der Waals surface area contributed by atoms with E-state index in [1.54, 1.807) is 6.07 Å². The number of carboxylic acid groups (broad SMARTS) is 1. The summed E-state index contributed by atoms with van der Waals surface area (Å²) >= 11 is 3.96. The fraction of sp³-hybridized carbons (Fsp3) is 0.312. The van der Waals surface area contributed by atoms with Crippen LogP contribution in [0.1, 0.15) is 35.2 Å². The molecule has 2 amide bonds. The predicted octanol–water partition coefficient (Wildman–Crippen LogP) is 4.00. The van der Waals surface area contributed by atoms with Gasteiger partial charge in [0.05, 0.1) is 0 Å². The zero-order valence-electron chi connectivity index (χ0n) is 13.4. The Bertz CT molecular complexity index is 841. The van der Waals surface area contributed by atoms with Crippen LogP contribution in [0.15, 0.2) is 22.7 Å². The van der Waals surface area contributed by atoms with Crippen LogP contribution >= 0.6 is 27.5 Å². The molecular formula is C16H15BrFN3O4S. The molecule has 1 fully saturated rings. The van der Waals surface area contributed by atoms with Gasteiger partial charge in [0.15, 0.2) is 5.56 Å². The van der Waals surface area contributed by atoms with Crippen molar-refractivity contribution < 1.29 is 23.8 Å². The number of rotatable bonds is 6. The lowest BCUT2D eigenvalue weighted by Gasteiger charge is -2.26. The number of nitrogens with one attached hydrogen (secondary N) is 2. The number of urea groups is 1. The van der Waals surface area contributed by atoms with Gasteiger partial charge in [-0.3, -0.25) is 5.32 Å². The summed E-state index contributed by atoms with van der Waals surface area (Å²) in [7, 11) is 0. The van der Waals surface area contributed by atoms with Crippen LogP contribution in [-0.4, -0.2) is 27.5 Å². The van der Waals surface area contributed by atoms with E-state index in [4.69, 9.17) is 4.74 Å². The van der Waals surface area contributed by atoms with E-state index < -0.39 is 17.8 Å². The highest BCUT2D eigenvalue weighted by Gasteiger charge is 2.25.